The van der Waals surface area contributed by atoms with Crippen molar-refractivity contribution in [1.82, 2.24) is 10.2 Å². The third kappa shape index (κ3) is 6.01. The number of methoxy groups -OCH3 is 2. The van der Waals surface area contributed by atoms with E-state index in [0.29, 0.717) is 49.5 Å². The molecule has 1 saturated heterocycles. The Morgan fingerprint density at radius 2 is 1.67 bits per heavy atom. The average Bonchev–Trinajstić information content (AvgIpc) is 2.66. The van der Waals surface area contributed by atoms with Gasteiger partial charge in [-0.2, -0.15) is 0 Å². The number of piperidine rings is 1. The molecule has 1 aromatic rings. The molecular weight excluding hydrogens is 370 g/mol. The first-order chi connectivity index (χ1) is 12.3. The first kappa shape index (κ1) is 23.0. The summed E-state index contributed by atoms with van der Waals surface area (Å²) in [5, 5.41) is 2.98. The number of carbonyl (C=O) groups is 2. The maximum atomic E-state index is 12.8. The van der Waals surface area contributed by atoms with Crippen molar-refractivity contribution in [3.8, 4) is 11.5 Å². The van der Waals surface area contributed by atoms with Gasteiger partial charge < -0.3 is 25.4 Å². The molecule has 3 N–H and O–H groups in total. The third-order valence-corrected chi connectivity index (χ3v) is 4.72. The Balaban J connectivity index is 0.00000364. The van der Waals surface area contributed by atoms with Gasteiger partial charge in [0, 0.05) is 42.7 Å². The van der Waals surface area contributed by atoms with Crippen molar-refractivity contribution < 1.29 is 19.1 Å². The Morgan fingerprint density at radius 1 is 1.15 bits per heavy atom. The smallest absolute Gasteiger partial charge is 0.254 e. The van der Waals surface area contributed by atoms with E-state index in [1.54, 1.807) is 37.3 Å². The van der Waals surface area contributed by atoms with E-state index in [2.05, 4.69) is 5.32 Å². The van der Waals surface area contributed by atoms with Gasteiger partial charge in [-0.3, -0.25) is 9.59 Å². The summed E-state index contributed by atoms with van der Waals surface area (Å²) in [6.45, 7) is 5.27. The summed E-state index contributed by atoms with van der Waals surface area (Å²) in [5.74, 6) is 0.987. The van der Waals surface area contributed by atoms with E-state index in [9.17, 15) is 9.59 Å². The Morgan fingerprint density at radius 3 is 2.11 bits per heavy atom. The number of rotatable bonds is 6. The molecule has 7 nitrogen and oxygen atoms in total. The van der Waals surface area contributed by atoms with Gasteiger partial charge in [0.25, 0.3) is 5.91 Å². The molecule has 1 fully saturated rings. The molecule has 152 valence electrons. The van der Waals surface area contributed by atoms with Gasteiger partial charge in [-0.15, -0.1) is 12.4 Å². The van der Waals surface area contributed by atoms with Crippen LogP contribution in [0.25, 0.3) is 0 Å². The predicted octanol–water partition coefficient (Wildman–Crippen LogP) is 1.83. The molecule has 1 aromatic carbocycles. The molecule has 0 saturated carbocycles. The van der Waals surface area contributed by atoms with Crippen molar-refractivity contribution in [1.29, 1.82) is 0 Å². The van der Waals surface area contributed by atoms with E-state index in [1.165, 1.54) is 0 Å². The minimum absolute atomic E-state index is 0. The van der Waals surface area contributed by atoms with Crippen molar-refractivity contribution in [2.75, 3.05) is 33.9 Å². The minimum Gasteiger partial charge on any atom is -0.497 e. The quantitative estimate of drug-likeness (QED) is 0.761. The average molecular weight is 400 g/mol. The Bertz CT molecular complexity index is 636. The Hall–Kier alpha value is -1.99. The van der Waals surface area contributed by atoms with Gasteiger partial charge in [0.05, 0.1) is 14.2 Å². The number of ether oxygens (including phenoxy) is 2. The summed E-state index contributed by atoms with van der Waals surface area (Å²) in [4.78, 5) is 26.9. The zero-order chi connectivity index (χ0) is 19.3. The second-order valence-corrected chi connectivity index (χ2v) is 7.25. The van der Waals surface area contributed by atoms with Crippen molar-refractivity contribution in [3.63, 3.8) is 0 Å². The molecule has 8 heteroatoms. The molecule has 1 aliphatic heterocycles. The molecule has 1 heterocycles. The summed E-state index contributed by atoms with van der Waals surface area (Å²) in [7, 11) is 3.10. The number of nitrogens with zero attached hydrogens (tertiary/aromatic N) is 1. The molecule has 0 atom stereocenters. The third-order valence-electron chi connectivity index (χ3n) is 4.72. The summed E-state index contributed by atoms with van der Waals surface area (Å²) in [6, 6.07) is 5.13. The van der Waals surface area contributed by atoms with Crippen molar-refractivity contribution in [2.45, 2.75) is 32.2 Å². The van der Waals surface area contributed by atoms with E-state index < -0.39 is 5.54 Å². The number of nitrogens with two attached hydrogens (primary N) is 1. The number of hydrogen-bond acceptors (Lipinski definition) is 5. The monoisotopic (exact) mass is 399 g/mol. The van der Waals surface area contributed by atoms with Crippen LogP contribution in [0.4, 0.5) is 0 Å². The molecule has 2 amide bonds. The van der Waals surface area contributed by atoms with Gasteiger partial charge >= 0.3 is 0 Å². The predicted molar refractivity (Wildman–Crippen MR) is 107 cm³/mol. The lowest BCUT2D eigenvalue weighted by Crippen LogP contribution is -2.52. The highest BCUT2D eigenvalue weighted by Gasteiger charge is 2.30. The van der Waals surface area contributed by atoms with Gasteiger partial charge in [0.15, 0.2) is 0 Å². The lowest BCUT2D eigenvalue weighted by Gasteiger charge is -2.33. The topological polar surface area (TPSA) is 93.9 Å². The van der Waals surface area contributed by atoms with Crippen LogP contribution in [-0.2, 0) is 4.79 Å². The van der Waals surface area contributed by atoms with Gasteiger partial charge in [-0.25, -0.2) is 0 Å². The second kappa shape index (κ2) is 9.80. The zero-order valence-corrected chi connectivity index (χ0v) is 17.2. The second-order valence-electron chi connectivity index (χ2n) is 7.25. The van der Waals surface area contributed by atoms with Gasteiger partial charge in [0.1, 0.15) is 11.5 Å². The standard InChI is InChI=1S/C19H29N3O4.ClH/c1-19(2,12-20)21-17(23)13-5-7-22(8-6-13)18(24)14-9-15(25-3)11-16(10-14)26-4;/h9-11,13H,5-8,12,20H2,1-4H3,(H,21,23);1H. The van der Waals surface area contributed by atoms with Crippen molar-refractivity contribution in [3.05, 3.63) is 23.8 Å². The Labute approximate surface area is 167 Å². The first-order valence-electron chi connectivity index (χ1n) is 8.84. The molecule has 0 bridgehead atoms. The Kier molecular flexibility index (Phi) is 8.37. The van der Waals surface area contributed by atoms with E-state index in [4.69, 9.17) is 15.2 Å². The summed E-state index contributed by atoms with van der Waals surface area (Å²) < 4.78 is 10.5. The van der Waals surface area contributed by atoms with E-state index in [0.717, 1.165) is 0 Å². The summed E-state index contributed by atoms with van der Waals surface area (Å²) in [6.07, 6.45) is 1.28. The van der Waals surface area contributed by atoms with Crippen LogP contribution in [0.2, 0.25) is 0 Å². The first-order valence-corrected chi connectivity index (χ1v) is 8.84. The van der Waals surface area contributed by atoms with Gasteiger partial charge in [-0.1, -0.05) is 0 Å². The fourth-order valence-electron chi connectivity index (χ4n) is 2.94. The van der Waals surface area contributed by atoms with Crippen LogP contribution in [0.1, 0.15) is 37.0 Å². The maximum Gasteiger partial charge on any atom is 0.254 e. The van der Waals surface area contributed by atoms with E-state index >= 15 is 0 Å². The fraction of sp³-hybridized carbons (Fsp3) is 0.579. The van der Waals surface area contributed by atoms with Crippen molar-refractivity contribution in [2.24, 2.45) is 11.7 Å². The largest absolute Gasteiger partial charge is 0.497 e. The maximum absolute atomic E-state index is 12.8. The van der Waals surface area contributed by atoms with Crippen LogP contribution in [-0.4, -0.2) is 56.1 Å². The molecule has 0 spiro atoms. The van der Waals surface area contributed by atoms with Crippen LogP contribution in [0.3, 0.4) is 0 Å². The summed E-state index contributed by atoms with van der Waals surface area (Å²) in [5.41, 5.74) is 5.78. The molecular formula is C19H30ClN3O4. The van der Waals surface area contributed by atoms with Crippen LogP contribution < -0.4 is 20.5 Å². The number of amides is 2. The lowest BCUT2D eigenvalue weighted by atomic mass is 9.93. The van der Waals surface area contributed by atoms with Crippen LogP contribution >= 0.6 is 12.4 Å². The van der Waals surface area contributed by atoms with Crippen LogP contribution in [0.5, 0.6) is 11.5 Å². The van der Waals surface area contributed by atoms with Crippen LogP contribution in [0.15, 0.2) is 18.2 Å². The molecule has 1 aliphatic rings. The number of benzene rings is 1. The number of hydrogen-bond donors (Lipinski definition) is 2. The lowest BCUT2D eigenvalue weighted by molar-refractivity contribution is -0.127. The van der Waals surface area contributed by atoms with Crippen LogP contribution in [0, 0.1) is 5.92 Å². The van der Waals surface area contributed by atoms with Crippen molar-refractivity contribution >= 4 is 24.2 Å². The molecule has 0 aliphatic carbocycles. The highest BCUT2D eigenvalue weighted by Crippen LogP contribution is 2.25. The molecule has 0 unspecified atom stereocenters. The normalized spacial score (nSPS) is 14.9. The van der Waals surface area contributed by atoms with Gasteiger partial charge in [0.2, 0.25) is 5.91 Å². The fourth-order valence-corrected chi connectivity index (χ4v) is 2.94. The summed E-state index contributed by atoms with van der Waals surface area (Å²) >= 11 is 0. The number of halogens is 1. The van der Waals surface area contributed by atoms with Gasteiger partial charge in [-0.05, 0) is 38.8 Å². The number of nitrogens with one attached hydrogen (secondary N) is 1. The van der Waals surface area contributed by atoms with E-state index in [1.807, 2.05) is 13.8 Å². The highest BCUT2D eigenvalue weighted by atomic mass is 35.5. The zero-order valence-electron chi connectivity index (χ0n) is 16.4. The molecule has 27 heavy (non-hydrogen) atoms. The molecule has 0 radical (unpaired) electrons. The minimum atomic E-state index is -0.415. The number of carbonyl (C=O) groups excluding carboxylic acids is 2. The van der Waals surface area contributed by atoms with E-state index in [-0.39, 0.29) is 30.1 Å². The highest BCUT2D eigenvalue weighted by molar-refractivity contribution is 5.95. The molecule has 2 rings (SSSR count). The SMILES string of the molecule is COc1cc(OC)cc(C(=O)N2CCC(C(=O)NC(C)(C)CN)CC2)c1.Cl. The number of likely N-dealkylation sites (tertiary alicyclic amines) is 1. The molecule has 0 aromatic heterocycles.